The summed E-state index contributed by atoms with van der Waals surface area (Å²) in [5, 5.41) is 17.2. The molecule has 0 aliphatic rings. The van der Waals surface area contributed by atoms with Crippen molar-refractivity contribution in [1.29, 1.82) is 5.26 Å². The third-order valence-electron chi connectivity index (χ3n) is 1.91. The Morgan fingerprint density at radius 1 is 1.60 bits per heavy atom. The Labute approximate surface area is 84.6 Å². The number of hydrogen-bond donors (Lipinski definition) is 1. The maximum Gasteiger partial charge on any atom is 0.335 e. The number of aromatic nitrogens is 1. The summed E-state index contributed by atoms with van der Waals surface area (Å²) >= 11 is 0. The van der Waals surface area contributed by atoms with E-state index in [-0.39, 0.29) is 12.0 Å². The van der Waals surface area contributed by atoms with Gasteiger partial charge in [0.1, 0.15) is 11.9 Å². The van der Waals surface area contributed by atoms with Gasteiger partial charge < -0.3 is 9.52 Å². The summed E-state index contributed by atoms with van der Waals surface area (Å²) in [5.74, 6) is -0.717. The molecular formula is C10H6N2O3. The number of hydrogen-bond acceptors (Lipinski definition) is 4. The van der Waals surface area contributed by atoms with Crippen LogP contribution < -0.4 is 0 Å². The van der Waals surface area contributed by atoms with Gasteiger partial charge in [-0.15, -0.1) is 0 Å². The Hall–Kier alpha value is -2.35. The van der Waals surface area contributed by atoms with Crippen LogP contribution >= 0.6 is 0 Å². The van der Waals surface area contributed by atoms with Crippen LogP contribution in [0.3, 0.4) is 0 Å². The number of carboxylic acid groups (broad SMARTS) is 1. The molecule has 2 rings (SSSR count). The van der Waals surface area contributed by atoms with Crippen molar-refractivity contribution in [3.63, 3.8) is 0 Å². The van der Waals surface area contributed by atoms with E-state index in [1.807, 2.05) is 6.07 Å². The normalized spacial score (nSPS) is 10.1. The second-order valence-electron chi connectivity index (χ2n) is 2.93. The maximum absolute atomic E-state index is 10.7. The Bertz CT molecular complexity index is 566. The van der Waals surface area contributed by atoms with Crippen LogP contribution in [-0.4, -0.2) is 16.1 Å². The average molecular weight is 202 g/mol. The highest BCUT2D eigenvalue weighted by Gasteiger charge is 2.08. The van der Waals surface area contributed by atoms with Crippen molar-refractivity contribution in [2.45, 2.75) is 6.42 Å². The fourth-order valence-electron chi connectivity index (χ4n) is 1.25. The molecule has 0 radical (unpaired) electrons. The minimum absolute atomic E-state index is 0.0804. The van der Waals surface area contributed by atoms with Gasteiger partial charge >= 0.3 is 5.97 Å². The van der Waals surface area contributed by atoms with Crippen LogP contribution in [0.4, 0.5) is 0 Å². The summed E-state index contributed by atoms with van der Waals surface area (Å²) in [4.78, 5) is 14.7. The van der Waals surface area contributed by atoms with Gasteiger partial charge in [0.25, 0.3) is 0 Å². The van der Waals surface area contributed by atoms with Gasteiger partial charge in [-0.3, -0.25) is 0 Å². The first-order valence-electron chi connectivity index (χ1n) is 4.20. The van der Waals surface area contributed by atoms with Crippen molar-refractivity contribution < 1.29 is 14.3 Å². The topological polar surface area (TPSA) is 87.1 Å². The van der Waals surface area contributed by atoms with Crippen molar-refractivity contribution in [1.82, 2.24) is 4.98 Å². The zero-order valence-electron chi connectivity index (χ0n) is 7.60. The van der Waals surface area contributed by atoms with Crippen molar-refractivity contribution >= 4 is 17.1 Å². The third-order valence-corrected chi connectivity index (χ3v) is 1.91. The number of nitrogens with zero attached hydrogens (tertiary/aromatic N) is 2. The lowest BCUT2D eigenvalue weighted by molar-refractivity contribution is 0.0697. The van der Waals surface area contributed by atoms with Gasteiger partial charge in [0.15, 0.2) is 5.58 Å². The predicted molar refractivity (Wildman–Crippen MR) is 50.3 cm³/mol. The van der Waals surface area contributed by atoms with Gasteiger partial charge in [-0.05, 0) is 18.2 Å². The second-order valence-corrected chi connectivity index (χ2v) is 2.93. The molecular weight excluding hydrogens is 196 g/mol. The monoisotopic (exact) mass is 202 g/mol. The van der Waals surface area contributed by atoms with Crippen LogP contribution in [0.2, 0.25) is 0 Å². The lowest BCUT2D eigenvalue weighted by Crippen LogP contribution is -1.94. The first kappa shape index (κ1) is 9.21. The number of aromatic carboxylic acids is 1. The molecule has 15 heavy (non-hydrogen) atoms. The van der Waals surface area contributed by atoms with Crippen molar-refractivity contribution in [2.75, 3.05) is 0 Å². The molecule has 5 heteroatoms. The summed E-state index contributed by atoms with van der Waals surface area (Å²) in [6.07, 6.45) is 0.0804. The fraction of sp³-hybridized carbons (Fsp3) is 0.100. The van der Waals surface area contributed by atoms with Crippen LogP contribution in [0.25, 0.3) is 11.1 Å². The van der Waals surface area contributed by atoms with Gasteiger partial charge in [0.05, 0.1) is 11.6 Å². The van der Waals surface area contributed by atoms with Crippen molar-refractivity contribution in [3.05, 3.63) is 29.7 Å². The van der Waals surface area contributed by atoms with Crippen LogP contribution in [0.1, 0.15) is 16.2 Å². The molecule has 0 aliphatic carbocycles. The third kappa shape index (κ3) is 1.65. The molecule has 0 spiro atoms. The van der Waals surface area contributed by atoms with Gasteiger partial charge in [-0.25, -0.2) is 9.78 Å². The SMILES string of the molecule is N#CCc1nc2ccc(C(=O)O)cc2o1. The Morgan fingerprint density at radius 3 is 3.07 bits per heavy atom. The number of nitriles is 1. The molecule has 0 saturated heterocycles. The largest absolute Gasteiger partial charge is 0.478 e. The van der Waals surface area contributed by atoms with E-state index in [4.69, 9.17) is 14.8 Å². The van der Waals surface area contributed by atoms with Crippen molar-refractivity contribution in [3.8, 4) is 6.07 Å². The quantitative estimate of drug-likeness (QED) is 0.798. The molecule has 74 valence electrons. The zero-order chi connectivity index (χ0) is 10.8. The lowest BCUT2D eigenvalue weighted by atomic mass is 10.2. The van der Waals surface area contributed by atoms with Gasteiger partial charge in [0, 0.05) is 0 Å². The van der Waals surface area contributed by atoms with E-state index < -0.39 is 5.97 Å². The van der Waals surface area contributed by atoms with Crippen molar-refractivity contribution in [2.24, 2.45) is 0 Å². The highest BCUT2D eigenvalue weighted by Crippen LogP contribution is 2.17. The summed E-state index contributed by atoms with van der Waals surface area (Å²) in [7, 11) is 0. The summed E-state index contributed by atoms with van der Waals surface area (Å²) in [6, 6.07) is 6.31. The number of rotatable bonds is 2. The van der Waals surface area contributed by atoms with Gasteiger partial charge in [-0.1, -0.05) is 0 Å². The van der Waals surface area contributed by atoms with Crippen LogP contribution in [-0.2, 0) is 6.42 Å². The zero-order valence-corrected chi connectivity index (χ0v) is 7.60. The number of carbonyl (C=O) groups is 1. The number of fused-ring (bicyclic) bond motifs is 1. The molecule has 0 amide bonds. The predicted octanol–water partition coefficient (Wildman–Crippen LogP) is 1.59. The molecule has 2 aromatic rings. The van der Waals surface area contributed by atoms with Gasteiger partial charge in [0.2, 0.25) is 5.89 Å². The summed E-state index contributed by atoms with van der Waals surface area (Å²) < 4.78 is 5.20. The molecule has 1 N–H and O–H groups in total. The number of benzene rings is 1. The average Bonchev–Trinajstić information content (AvgIpc) is 2.59. The van der Waals surface area contributed by atoms with E-state index in [9.17, 15) is 4.79 Å². The van der Waals surface area contributed by atoms with Crippen LogP contribution in [0.5, 0.6) is 0 Å². The molecule has 1 aromatic carbocycles. The number of carboxylic acids is 1. The summed E-state index contributed by atoms with van der Waals surface area (Å²) in [6.45, 7) is 0. The van der Waals surface area contributed by atoms with E-state index in [1.54, 1.807) is 6.07 Å². The molecule has 0 fully saturated rings. The highest BCUT2D eigenvalue weighted by atomic mass is 16.4. The molecule has 0 saturated carbocycles. The maximum atomic E-state index is 10.7. The minimum Gasteiger partial charge on any atom is -0.478 e. The summed E-state index contributed by atoms with van der Waals surface area (Å²) in [5.41, 5.74) is 1.09. The van der Waals surface area contributed by atoms with Crippen LogP contribution in [0.15, 0.2) is 22.6 Å². The first-order chi connectivity index (χ1) is 7.20. The number of oxazole rings is 1. The van der Waals surface area contributed by atoms with E-state index in [2.05, 4.69) is 4.98 Å². The smallest absolute Gasteiger partial charge is 0.335 e. The molecule has 5 nitrogen and oxygen atoms in total. The van der Waals surface area contributed by atoms with E-state index in [0.717, 1.165) is 0 Å². The second kappa shape index (κ2) is 3.42. The van der Waals surface area contributed by atoms with Gasteiger partial charge in [-0.2, -0.15) is 5.26 Å². The molecule has 0 aliphatic heterocycles. The lowest BCUT2D eigenvalue weighted by Gasteiger charge is -1.91. The first-order valence-corrected chi connectivity index (χ1v) is 4.20. The minimum atomic E-state index is -1.02. The molecule has 0 bridgehead atoms. The van der Waals surface area contributed by atoms with E-state index in [1.165, 1.54) is 12.1 Å². The van der Waals surface area contributed by atoms with E-state index in [0.29, 0.717) is 17.0 Å². The standard InChI is InChI=1S/C10H6N2O3/c11-4-3-9-12-7-2-1-6(10(13)14)5-8(7)15-9/h1-2,5H,3H2,(H,13,14). The Morgan fingerprint density at radius 2 is 2.40 bits per heavy atom. The Kier molecular flexibility index (Phi) is 2.10. The molecule has 0 atom stereocenters. The fourth-order valence-corrected chi connectivity index (χ4v) is 1.25. The van der Waals surface area contributed by atoms with E-state index >= 15 is 0 Å². The van der Waals surface area contributed by atoms with Crippen LogP contribution in [0, 0.1) is 11.3 Å². The molecule has 1 aromatic heterocycles. The molecule has 0 unspecified atom stereocenters. The molecule has 1 heterocycles. The highest BCUT2D eigenvalue weighted by molar-refractivity contribution is 5.91. The Balaban J connectivity index is 2.53.